The molecular formula is C20H22N2O4. The lowest BCUT2D eigenvalue weighted by Gasteiger charge is -2.27. The van der Waals surface area contributed by atoms with Gasteiger partial charge in [-0.25, -0.2) is 0 Å². The third-order valence-corrected chi connectivity index (χ3v) is 4.47. The van der Waals surface area contributed by atoms with Crippen LogP contribution < -0.4 is 5.32 Å². The van der Waals surface area contributed by atoms with Crippen LogP contribution in [-0.2, 0) is 9.53 Å². The average molecular weight is 354 g/mol. The number of amides is 3. The maximum atomic E-state index is 12.7. The van der Waals surface area contributed by atoms with Crippen molar-refractivity contribution in [1.29, 1.82) is 0 Å². The molecule has 0 aromatic heterocycles. The first-order valence-corrected chi connectivity index (χ1v) is 8.69. The van der Waals surface area contributed by atoms with E-state index < -0.39 is 0 Å². The Morgan fingerprint density at radius 1 is 1.12 bits per heavy atom. The molecule has 0 radical (unpaired) electrons. The van der Waals surface area contributed by atoms with Gasteiger partial charge < -0.3 is 10.1 Å². The van der Waals surface area contributed by atoms with Gasteiger partial charge in [0.15, 0.2) is 0 Å². The van der Waals surface area contributed by atoms with E-state index in [-0.39, 0.29) is 36.7 Å². The second-order valence-corrected chi connectivity index (χ2v) is 6.50. The molecule has 1 aliphatic rings. The van der Waals surface area contributed by atoms with Gasteiger partial charge in [0.25, 0.3) is 11.8 Å². The van der Waals surface area contributed by atoms with Crippen molar-refractivity contribution in [2.75, 3.05) is 20.3 Å². The number of rotatable bonds is 7. The lowest BCUT2D eigenvalue weighted by molar-refractivity contribution is -0.122. The van der Waals surface area contributed by atoms with Crippen LogP contribution in [0.4, 0.5) is 0 Å². The first-order valence-electron chi connectivity index (χ1n) is 8.69. The van der Waals surface area contributed by atoms with Gasteiger partial charge in [0.05, 0.1) is 6.61 Å². The van der Waals surface area contributed by atoms with Crippen LogP contribution in [0.25, 0.3) is 10.8 Å². The van der Waals surface area contributed by atoms with Crippen molar-refractivity contribution in [3.63, 3.8) is 0 Å². The molecule has 1 atom stereocenters. The van der Waals surface area contributed by atoms with Gasteiger partial charge >= 0.3 is 0 Å². The van der Waals surface area contributed by atoms with Crippen LogP contribution in [0.2, 0.25) is 0 Å². The highest BCUT2D eigenvalue weighted by atomic mass is 16.5. The fourth-order valence-electron chi connectivity index (χ4n) is 3.32. The first kappa shape index (κ1) is 18.1. The number of carbonyl (C=O) groups excluding carboxylic acids is 3. The van der Waals surface area contributed by atoms with Crippen molar-refractivity contribution in [1.82, 2.24) is 10.2 Å². The third kappa shape index (κ3) is 3.46. The van der Waals surface area contributed by atoms with E-state index in [1.165, 1.54) is 4.90 Å². The van der Waals surface area contributed by atoms with Gasteiger partial charge in [-0.1, -0.05) is 24.3 Å². The molecule has 0 saturated carbocycles. The fourth-order valence-corrected chi connectivity index (χ4v) is 3.32. The fraction of sp³-hybridized carbons (Fsp3) is 0.350. The van der Waals surface area contributed by atoms with Crippen LogP contribution in [0.3, 0.4) is 0 Å². The number of methoxy groups -OCH3 is 1. The molecule has 2 aromatic carbocycles. The summed E-state index contributed by atoms with van der Waals surface area (Å²) in [5.74, 6) is -0.714. The predicted octanol–water partition coefficient (Wildman–Crippen LogP) is 2.37. The minimum Gasteiger partial charge on any atom is -0.383 e. The smallest absolute Gasteiger partial charge is 0.261 e. The van der Waals surface area contributed by atoms with Gasteiger partial charge in [-0.2, -0.15) is 0 Å². The van der Waals surface area contributed by atoms with Gasteiger partial charge in [-0.05, 0) is 30.9 Å². The Hall–Kier alpha value is -2.73. The lowest BCUT2D eigenvalue weighted by atomic mass is 9.94. The summed E-state index contributed by atoms with van der Waals surface area (Å²) in [4.78, 5) is 38.6. The number of nitrogens with zero attached hydrogens (tertiary/aromatic N) is 1. The molecule has 3 amide bonds. The van der Waals surface area contributed by atoms with Gasteiger partial charge in [-0.3, -0.25) is 19.3 Å². The number of imide groups is 1. The molecule has 0 bridgehead atoms. The van der Waals surface area contributed by atoms with E-state index in [9.17, 15) is 14.4 Å². The Kier molecular flexibility index (Phi) is 5.32. The Morgan fingerprint density at radius 2 is 1.73 bits per heavy atom. The van der Waals surface area contributed by atoms with Gasteiger partial charge in [0.1, 0.15) is 0 Å². The molecule has 3 rings (SSSR count). The van der Waals surface area contributed by atoms with Crippen LogP contribution in [0.1, 0.15) is 40.5 Å². The van der Waals surface area contributed by atoms with Crippen molar-refractivity contribution in [2.24, 2.45) is 0 Å². The highest BCUT2D eigenvalue weighted by Gasteiger charge is 2.32. The molecule has 0 saturated heterocycles. The number of nitrogens with one attached hydrogen (secondary N) is 1. The summed E-state index contributed by atoms with van der Waals surface area (Å²) < 4.78 is 4.98. The largest absolute Gasteiger partial charge is 0.383 e. The number of hydrogen-bond acceptors (Lipinski definition) is 4. The monoisotopic (exact) mass is 354 g/mol. The van der Waals surface area contributed by atoms with Crippen molar-refractivity contribution < 1.29 is 19.1 Å². The Balaban J connectivity index is 1.68. The molecular weight excluding hydrogens is 332 g/mol. The molecule has 1 aliphatic heterocycles. The molecule has 6 heteroatoms. The van der Waals surface area contributed by atoms with Crippen LogP contribution in [0.15, 0.2) is 36.4 Å². The number of benzene rings is 2. The lowest BCUT2D eigenvalue weighted by Crippen LogP contribution is -2.41. The summed E-state index contributed by atoms with van der Waals surface area (Å²) in [6, 6.07) is 10.8. The van der Waals surface area contributed by atoms with Crippen LogP contribution in [-0.4, -0.2) is 48.9 Å². The highest BCUT2D eigenvalue weighted by Crippen LogP contribution is 2.29. The van der Waals surface area contributed by atoms with E-state index in [0.29, 0.717) is 29.5 Å². The van der Waals surface area contributed by atoms with Gasteiger partial charge in [0.2, 0.25) is 5.91 Å². The van der Waals surface area contributed by atoms with Gasteiger partial charge in [-0.15, -0.1) is 0 Å². The standard InChI is InChI=1S/C20H22N2O4/c1-13(12-26-2)21-17(23)10-5-11-22-19(24)15-8-3-6-14-7-4-9-16(18(14)15)20(22)25/h3-4,6-9,13H,5,10-12H2,1-2H3,(H,21,23)/t13-/m0/s1. The zero-order chi connectivity index (χ0) is 18.7. The van der Waals surface area contributed by atoms with Crippen LogP contribution >= 0.6 is 0 Å². The molecule has 0 spiro atoms. The highest BCUT2D eigenvalue weighted by molar-refractivity contribution is 6.25. The number of carbonyl (C=O) groups is 3. The Bertz CT molecular complexity index is 811. The maximum Gasteiger partial charge on any atom is 0.261 e. The summed E-state index contributed by atoms with van der Waals surface area (Å²) >= 11 is 0. The molecule has 0 aliphatic carbocycles. The summed E-state index contributed by atoms with van der Waals surface area (Å²) in [7, 11) is 1.58. The first-order chi connectivity index (χ1) is 12.5. The van der Waals surface area contributed by atoms with Crippen molar-refractivity contribution >= 4 is 28.5 Å². The van der Waals surface area contributed by atoms with E-state index >= 15 is 0 Å². The van der Waals surface area contributed by atoms with Crippen molar-refractivity contribution in [2.45, 2.75) is 25.8 Å². The summed E-state index contributed by atoms with van der Waals surface area (Å²) in [5, 5.41) is 4.42. The second kappa shape index (κ2) is 7.66. The third-order valence-electron chi connectivity index (χ3n) is 4.47. The summed E-state index contributed by atoms with van der Waals surface area (Å²) in [6.07, 6.45) is 0.665. The minimum atomic E-state index is -0.299. The van der Waals surface area contributed by atoms with Gasteiger partial charge in [0, 0.05) is 42.6 Å². The minimum absolute atomic E-state index is 0.0739. The summed E-state index contributed by atoms with van der Waals surface area (Å²) in [6.45, 7) is 2.51. The average Bonchev–Trinajstić information content (AvgIpc) is 2.62. The van der Waals surface area contributed by atoms with E-state index in [0.717, 1.165) is 5.39 Å². The molecule has 2 aromatic rings. The molecule has 6 nitrogen and oxygen atoms in total. The maximum absolute atomic E-state index is 12.7. The molecule has 1 N–H and O–H groups in total. The topological polar surface area (TPSA) is 75.7 Å². The van der Waals surface area contributed by atoms with E-state index in [2.05, 4.69) is 5.32 Å². The number of ether oxygens (including phenoxy) is 1. The quantitative estimate of drug-likeness (QED) is 0.775. The van der Waals surface area contributed by atoms with Crippen LogP contribution in [0.5, 0.6) is 0 Å². The Labute approximate surface area is 152 Å². The molecule has 1 heterocycles. The van der Waals surface area contributed by atoms with Crippen LogP contribution in [0, 0.1) is 0 Å². The van der Waals surface area contributed by atoms with E-state index in [1.807, 2.05) is 31.2 Å². The van der Waals surface area contributed by atoms with Crippen molar-refractivity contribution in [3.8, 4) is 0 Å². The number of hydrogen-bond donors (Lipinski definition) is 1. The van der Waals surface area contributed by atoms with Crippen molar-refractivity contribution in [3.05, 3.63) is 47.5 Å². The predicted molar refractivity (Wildman–Crippen MR) is 98.0 cm³/mol. The molecule has 26 heavy (non-hydrogen) atoms. The van der Waals surface area contributed by atoms with E-state index in [4.69, 9.17) is 4.74 Å². The molecule has 0 unspecified atom stereocenters. The van der Waals surface area contributed by atoms with E-state index in [1.54, 1.807) is 19.2 Å². The zero-order valence-corrected chi connectivity index (χ0v) is 15.0. The SMILES string of the molecule is COC[C@H](C)NC(=O)CCCN1C(=O)c2cccc3cccc(c23)C1=O. The second-order valence-electron chi connectivity index (χ2n) is 6.50. The zero-order valence-electron chi connectivity index (χ0n) is 15.0. The molecule has 0 fully saturated rings. The summed E-state index contributed by atoms with van der Waals surface area (Å²) in [5.41, 5.74) is 1.08. The normalized spacial score (nSPS) is 14.6. The molecule has 136 valence electrons. The Morgan fingerprint density at radius 3 is 2.31 bits per heavy atom.